The van der Waals surface area contributed by atoms with Crippen molar-refractivity contribution in [1.29, 1.82) is 0 Å². The molecule has 5 rings (SSSR count). The number of pyridine rings is 1. The summed E-state index contributed by atoms with van der Waals surface area (Å²) in [5, 5.41) is 6.60. The van der Waals surface area contributed by atoms with Crippen LogP contribution in [-0.2, 0) is 0 Å². The summed E-state index contributed by atoms with van der Waals surface area (Å²) in [6.45, 7) is 4.19. The lowest BCUT2D eigenvalue weighted by molar-refractivity contribution is 0.629. The first-order valence-electron chi connectivity index (χ1n) is 9.22. The van der Waals surface area contributed by atoms with Crippen LogP contribution in [0.5, 0.6) is 0 Å². The van der Waals surface area contributed by atoms with Crippen molar-refractivity contribution >= 4 is 21.8 Å². The smallest absolute Gasteiger partial charge is 0.124 e. The highest BCUT2D eigenvalue weighted by Crippen LogP contribution is 2.34. The van der Waals surface area contributed by atoms with Crippen LogP contribution in [0.15, 0.2) is 72.9 Å². The predicted octanol–water partition coefficient (Wildman–Crippen LogP) is 6.00. The lowest BCUT2D eigenvalue weighted by atomic mass is 10.0. The molecule has 2 aromatic heterocycles. The Balaban J connectivity index is 1.91. The first-order valence-corrected chi connectivity index (χ1v) is 9.22. The van der Waals surface area contributed by atoms with E-state index in [-0.39, 0.29) is 5.82 Å². The molecule has 0 saturated heterocycles. The van der Waals surface area contributed by atoms with Crippen molar-refractivity contribution in [2.75, 3.05) is 0 Å². The number of hydrogen-bond donors (Lipinski definition) is 0. The van der Waals surface area contributed by atoms with Gasteiger partial charge in [0.25, 0.3) is 0 Å². The van der Waals surface area contributed by atoms with Gasteiger partial charge in [-0.25, -0.2) is 9.07 Å². The first kappa shape index (κ1) is 16.6. The molecule has 0 aliphatic rings. The fraction of sp³-hybridized carbons (Fsp3) is 0.0833. The van der Waals surface area contributed by atoms with Gasteiger partial charge in [0.1, 0.15) is 11.5 Å². The van der Waals surface area contributed by atoms with E-state index in [0.717, 1.165) is 38.8 Å². The van der Waals surface area contributed by atoms with Crippen molar-refractivity contribution in [3.63, 3.8) is 0 Å². The second-order valence-electron chi connectivity index (χ2n) is 7.08. The Labute approximate surface area is 162 Å². The maximum atomic E-state index is 14.1. The maximum absolute atomic E-state index is 14.1. The zero-order valence-electron chi connectivity index (χ0n) is 15.6. The monoisotopic (exact) mass is 367 g/mol. The van der Waals surface area contributed by atoms with Crippen molar-refractivity contribution in [2.45, 2.75) is 13.8 Å². The molecule has 0 fully saturated rings. The third kappa shape index (κ3) is 2.57. The highest BCUT2D eigenvalue weighted by molar-refractivity contribution is 6.08. The van der Waals surface area contributed by atoms with E-state index in [9.17, 15) is 4.39 Å². The van der Waals surface area contributed by atoms with Gasteiger partial charge in [-0.1, -0.05) is 30.3 Å². The van der Waals surface area contributed by atoms with Crippen LogP contribution < -0.4 is 0 Å². The normalized spacial score (nSPS) is 11.4. The largest absolute Gasteiger partial charge is 0.255 e. The van der Waals surface area contributed by atoms with E-state index >= 15 is 0 Å². The molecule has 0 bridgehead atoms. The van der Waals surface area contributed by atoms with Crippen molar-refractivity contribution < 1.29 is 4.39 Å². The molecule has 2 heterocycles. The van der Waals surface area contributed by atoms with Crippen LogP contribution in [-0.4, -0.2) is 14.8 Å². The van der Waals surface area contributed by atoms with Crippen molar-refractivity contribution in [3.8, 4) is 16.9 Å². The molecule has 0 atom stereocenters. The van der Waals surface area contributed by atoms with Gasteiger partial charge >= 0.3 is 0 Å². The molecule has 5 aromatic rings. The second kappa shape index (κ2) is 6.27. The van der Waals surface area contributed by atoms with Gasteiger partial charge in [-0.2, -0.15) is 5.10 Å². The minimum Gasteiger partial charge on any atom is -0.255 e. The Bertz CT molecular complexity index is 1340. The number of hydrogen-bond acceptors (Lipinski definition) is 2. The summed E-state index contributed by atoms with van der Waals surface area (Å²) < 4.78 is 16.0. The van der Waals surface area contributed by atoms with Gasteiger partial charge in [-0.3, -0.25) is 4.98 Å². The lowest BCUT2D eigenvalue weighted by Gasteiger charge is -2.05. The number of fused-ring (bicyclic) bond motifs is 3. The molecule has 0 spiro atoms. The summed E-state index contributed by atoms with van der Waals surface area (Å²) >= 11 is 0. The molecule has 3 nitrogen and oxygen atoms in total. The summed E-state index contributed by atoms with van der Waals surface area (Å²) in [5.74, 6) is -0.282. The van der Waals surface area contributed by atoms with Crippen LogP contribution in [0.2, 0.25) is 0 Å². The van der Waals surface area contributed by atoms with Crippen molar-refractivity contribution in [2.24, 2.45) is 0 Å². The zero-order chi connectivity index (χ0) is 19.3. The van der Waals surface area contributed by atoms with Crippen LogP contribution in [0, 0.1) is 19.7 Å². The van der Waals surface area contributed by atoms with Crippen LogP contribution in [0.1, 0.15) is 11.1 Å². The molecule has 0 N–H and O–H groups in total. The summed E-state index contributed by atoms with van der Waals surface area (Å²) in [6, 6.07) is 20.9. The number of halogens is 1. The number of aryl methyl sites for hydroxylation is 2. The van der Waals surface area contributed by atoms with E-state index < -0.39 is 0 Å². The zero-order valence-corrected chi connectivity index (χ0v) is 15.6. The highest BCUT2D eigenvalue weighted by atomic mass is 19.1. The number of rotatable bonds is 2. The molecular weight excluding hydrogens is 349 g/mol. The fourth-order valence-corrected chi connectivity index (χ4v) is 3.61. The van der Waals surface area contributed by atoms with Gasteiger partial charge in [0.15, 0.2) is 0 Å². The third-order valence-electron chi connectivity index (χ3n) is 5.25. The molecule has 0 unspecified atom stereocenters. The van der Waals surface area contributed by atoms with Crippen LogP contribution >= 0.6 is 0 Å². The summed E-state index contributed by atoms with van der Waals surface area (Å²) in [7, 11) is 0. The van der Waals surface area contributed by atoms with Crippen LogP contribution in [0.3, 0.4) is 0 Å². The quantitative estimate of drug-likeness (QED) is 0.383. The molecular formula is C24H18FN3. The van der Waals surface area contributed by atoms with E-state index in [4.69, 9.17) is 5.10 Å². The SMILES string of the molecule is Cc1ccc(-c2nn(-c3ccccc3)c3c2cnc2ccc(F)cc23)cc1C. The molecule has 4 heteroatoms. The summed E-state index contributed by atoms with van der Waals surface area (Å²) in [6.07, 6.45) is 1.84. The highest BCUT2D eigenvalue weighted by Gasteiger charge is 2.17. The van der Waals surface area contributed by atoms with E-state index in [1.54, 1.807) is 6.07 Å². The van der Waals surface area contributed by atoms with Gasteiger partial charge < -0.3 is 0 Å². The number of aromatic nitrogens is 3. The van der Waals surface area contributed by atoms with E-state index in [1.165, 1.54) is 23.3 Å². The molecule has 0 amide bonds. The standard InChI is InChI=1S/C24H18FN3/c1-15-8-9-17(12-16(15)2)23-21-14-26-22-11-10-18(25)13-20(22)24(21)28(27-23)19-6-4-3-5-7-19/h3-14H,1-2H3. The maximum Gasteiger partial charge on any atom is 0.124 e. The lowest BCUT2D eigenvalue weighted by Crippen LogP contribution is -1.97. The Morgan fingerprint density at radius 1 is 0.821 bits per heavy atom. The van der Waals surface area contributed by atoms with Gasteiger partial charge in [0.05, 0.1) is 16.7 Å². The predicted molar refractivity (Wildman–Crippen MR) is 111 cm³/mol. The summed E-state index contributed by atoms with van der Waals surface area (Å²) in [5.41, 5.74) is 6.86. The Hall–Kier alpha value is -3.53. The Morgan fingerprint density at radius 3 is 2.43 bits per heavy atom. The fourth-order valence-electron chi connectivity index (χ4n) is 3.61. The minimum atomic E-state index is -0.282. The van der Waals surface area contributed by atoms with Gasteiger partial charge in [-0.15, -0.1) is 0 Å². The minimum absolute atomic E-state index is 0.282. The topological polar surface area (TPSA) is 30.7 Å². The molecule has 136 valence electrons. The van der Waals surface area contributed by atoms with Crippen LogP contribution in [0.4, 0.5) is 4.39 Å². The average Bonchev–Trinajstić information content (AvgIpc) is 3.11. The van der Waals surface area contributed by atoms with Crippen molar-refractivity contribution in [1.82, 2.24) is 14.8 Å². The van der Waals surface area contributed by atoms with Gasteiger partial charge in [0, 0.05) is 22.5 Å². The van der Waals surface area contributed by atoms with E-state index in [2.05, 4.69) is 37.0 Å². The van der Waals surface area contributed by atoms with Gasteiger partial charge in [0.2, 0.25) is 0 Å². The number of nitrogens with zero attached hydrogens (tertiary/aromatic N) is 3. The van der Waals surface area contributed by atoms with E-state index in [1.807, 2.05) is 41.2 Å². The number of para-hydroxylation sites is 1. The number of benzene rings is 3. The second-order valence-corrected chi connectivity index (χ2v) is 7.08. The molecule has 0 aliphatic carbocycles. The molecule has 0 radical (unpaired) electrons. The summed E-state index contributed by atoms with van der Waals surface area (Å²) in [4.78, 5) is 4.56. The molecule has 0 aliphatic heterocycles. The first-order chi connectivity index (χ1) is 13.6. The molecule has 3 aromatic carbocycles. The molecule has 28 heavy (non-hydrogen) atoms. The Morgan fingerprint density at radius 2 is 1.64 bits per heavy atom. The molecule has 0 saturated carbocycles. The van der Waals surface area contributed by atoms with Crippen molar-refractivity contribution in [3.05, 3.63) is 89.9 Å². The Kier molecular flexibility index (Phi) is 3.72. The van der Waals surface area contributed by atoms with Crippen LogP contribution in [0.25, 0.3) is 38.8 Å². The average molecular weight is 367 g/mol. The van der Waals surface area contributed by atoms with E-state index in [0.29, 0.717) is 0 Å². The van der Waals surface area contributed by atoms with Gasteiger partial charge in [-0.05, 0) is 61.4 Å². The third-order valence-corrected chi connectivity index (χ3v) is 5.25.